The van der Waals surface area contributed by atoms with E-state index in [1.807, 2.05) is 4.90 Å². The standard InChI is InChI=1S/C19H20ClN5O4/c20-12-4-3-11-7-23(15(26)14(11)6-12)9-19(16(27)21-17(28)22-19)10-24-8-13-2-1-5-25(13)18(24)29/h3-4,6-7,13,26H,1-2,5,8-10H2,(H2,21,22,27,28)/t13-,19?/m0/s1. The monoisotopic (exact) mass is 417 g/mol. The van der Waals surface area contributed by atoms with E-state index in [2.05, 4.69) is 10.6 Å². The van der Waals surface area contributed by atoms with Crippen molar-refractivity contribution < 1.29 is 19.5 Å². The van der Waals surface area contributed by atoms with E-state index in [1.165, 1.54) is 4.57 Å². The Hall–Kier alpha value is -2.94. The van der Waals surface area contributed by atoms with Gasteiger partial charge in [-0.2, -0.15) is 0 Å². The van der Waals surface area contributed by atoms with E-state index in [0.29, 0.717) is 17.0 Å². The zero-order valence-corrected chi connectivity index (χ0v) is 16.3. The molecule has 0 aliphatic carbocycles. The normalized spacial score (nSPS) is 26.4. The van der Waals surface area contributed by atoms with E-state index >= 15 is 0 Å². The highest BCUT2D eigenvalue weighted by atomic mass is 35.5. The molecule has 5 rings (SSSR count). The minimum atomic E-state index is -1.37. The number of rotatable bonds is 4. The fourth-order valence-electron chi connectivity index (χ4n) is 4.68. The Bertz CT molecular complexity index is 1050. The fourth-order valence-corrected chi connectivity index (χ4v) is 4.85. The van der Waals surface area contributed by atoms with Gasteiger partial charge >= 0.3 is 12.1 Å². The van der Waals surface area contributed by atoms with Crippen LogP contribution in [0.25, 0.3) is 10.8 Å². The first-order valence-electron chi connectivity index (χ1n) is 9.53. The quantitative estimate of drug-likeness (QED) is 0.655. The number of carbonyl (C=O) groups is 3. The molecule has 29 heavy (non-hydrogen) atoms. The summed E-state index contributed by atoms with van der Waals surface area (Å²) < 4.78 is 1.51. The van der Waals surface area contributed by atoms with Gasteiger partial charge in [0.1, 0.15) is 0 Å². The average molecular weight is 418 g/mol. The Morgan fingerprint density at radius 1 is 1.24 bits per heavy atom. The number of nitrogens with one attached hydrogen (secondary N) is 2. The van der Waals surface area contributed by atoms with E-state index < -0.39 is 17.5 Å². The predicted octanol–water partition coefficient (Wildman–Crippen LogP) is 1.48. The van der Waals surface area contributed by atoms with Gasteiger partial charge in [0, 0.05) is 35.1 Å². The molecule has 4 heterocycles. The van der Waals surface area contributed by atoms with E-state index in [-0.39, 0.29) is 31.0 Å². The van der Waals surface area contributed by atoms with Crippen molar-refractivity contribution in [1.29, 1.82) is 0 Å². The minimum Gasteiger partial charge on any atom is -0.494 e. The summed E-state index contributed by atoms with van der Waals surface area (Å²) in [4.78, 5) is 40.9. The van der Waals surface area contributed by atoms with Crippen molar-refractivity contribution in [3.8, 4) is 5.88 Å². The van der Waals surface area contributed by atoms with Gasteiger partial charge in [0.15, 0.2) is 11.4 Å². The van der Waals surface area contributed by atoms with Crippen LogP contribution in [-0.4, -0.2) is 68.7 Å². The van der Waals surface area contributed by atoms with Gasteiger partial charge in [-0.15, -0.1) is 0 Å². The van der Waals surface area contributed by atoms with Crippen LogP contribution in [0.3, 0.4) is 0 Å². The van der Waals surface area contributed by atoms with E-state index in [0.717, 1.165) is 24.8 Å². The highest BCUT2D eigenvalue weighted by Crippen LogP contribution is 2.33. The van der Waals surface area contributed by atoms with Crippen LogP contribution in [0, 0.1) is 0 Å². The second-order valence-corrected chi connectivity index (χ2v) is 8.39. The maximum atomic E-state index is 12.8. The van der Waals surface area contributed by atoms with Crippen molar-refractivity contribution in [3.63, 3.8) is 0 Å². The summed E-state index contributed by atoms with van der Waals surface area (Å²) in [6, 6.07) is 4.55. The molecular weight excluding hydrogens is 398 g/mol. The summed E-state index contributed by atoms with van der Waals surface area (Å²) in [7, 11) is 0. The van der Waals surface area contributed by atoms with Crippen molar-refractivity contribution in [1.82, 2.24) is 25.0 Å². The molecule has 2 atom stereocenters. The zero-order chi connectivity index (χ0) is 20.3. The Kier molecular flexibility index (Phi) is 3.92. The van der Waals surface area contributed by atoms with Crippen molar-refractivity contribution >= 4 is 40.3 Å². The number of benzene rings is 1. The number of hydrogen-bond acceptors (Lipinski definition) is 4. The summed E-state index contributed by atoms with van der Waals surface area (Å²) in [5.74, 6) is -0.568. The topological polar surface area (TPSA) is 107 Å². The third kappa shape index (κ3) is 2.79. The SMILES string of the molecule is O=C1NC(=O)C(CN2C[C@@H]3CCCN3C2=O)(Cn2cc3ccc(Cl)cc3c2O)N1. The van der Waals surface area contributed by atoms with Crippen LogP contribution < -0.4 is 10.6 Å². The molecule has 5 amide bonds. The van der Waals surface area contributed by atoms with Gasteiger partial charge in [0.2, 0.25) is 0 Å². The first-order valence-corrected chi connectivity index (χ1v) is 9.91. The number of nitrogens with zero attached hydrogens (tertiary/aromatic N) is 3. The molecule has 0 bridgehead atoms. The lowest BCUT2D eigenvalue weighted by atomic mass is 9.98. The maximum Gasteiger partial charge on any atom is 0.322 e. The lowest BCUT2D eigenvalue weighted by Gasteiger charge is -2.31. The smallest absolute Gasteiger partial charge is 0.322 e. The second kappa shape index (κ2) is 6.28. The highest BCUT2D eigenvalue weighted by molar-refractivity contribution is 6.31. The maximum absolute atomic E-state index is 12.8. The largest absolute Gasteiger partial charge is 0.494 e. The third-order valence-electron chi connectivity index (χ3n) is 6.06. The Morgan fingerprint density at radius 2 is 2.07 bits per heavy atom. The molecule has 1 unspecified atom stereocenters. The molecule has 9 nitrogen and oxygen atoms in total. The lowest BCUT2D eigenvalue weighted by Crippen LogP contribution is -2.58. The molecule has 1 aromatic heterocycles. The fraction of sp³-hybridized carbons (Fsp3) is 0.421. The number of aromatic nitrogens is 1. The first kappa shape index (κ1) is 18.1. The highest BCUT2D eigenvalue weighted by Gasteiger charge is 2.51. The van der Waals surface area contributed by atoms with Gasteiger partial charge in [-0.25, -0.2) is 9.59 Å². The molecule has 152 valence electrons. The number of urea groups is 2. The van der Waals surface area contributed by atoms with Crippen molar-refractivity contribution in [2.75, 3.05) is 19.6 Å². The van der Waals surface area contributed by atoms with E-state index in [9.17, 15) is 19.5 Å². The molecule has 0 spiro atoms. The first-order chi connectivity index (χ1) is 13.9. The van der Waals surface area contributed by atoms with Crippen LogP contribution in [0.15, 0.2) is 24.4 Å². The third-order valence-corrected chi connectivity index (χ3v) is 6.30. The summed E-state index contributed by atoms with van der Waals surface area (Å²) >= 11 is 6.03. The molecule has 0 radical (unpaired) electrons. The van der Waals surface area contributed by atoms with Gasteiger partial charge in [-0.1, -0.05) is 17.7 Å². The molecule has 2 aromatic rings. The van der Waals surface area contributed by atoms with Gasteiger partial charge in [-0.3, -0.25) is 10.1 Å². The molecule has 3 fully saturated rings. The predicted molar refractivity (Wildman–Crippen MR) is 105 cm³/mol. The minimum absolute atomic E-state index is 0.0167. The van der Waals surface area contributed by atoms with Crippen LogP contribution in [0.2, 0.25) is 5.02 Å². The van der Waals surface area contributed by atoms with Gasteiger partial charge in [0.25, 0.3) is 5.91 Å². The summed E-state index contributed by atoms with van der Waals surface area (Å²) in [5, 5.41) is 17.4. The van der Waals surface area contributed by atoms with Gasteiger partial charge in [-0.05, 0) is 25.0 Å². The molecular formula is C19H20ClN5O4. The molecule has 10 heteroatoms. The number of hydrogen-bond donors (Lipinski definition) is 3. The summed E-state index contributed by atoms with van der Waals surface area (Å²) in [6.45, 7) is 1.26. The lowest BCUT2D eigenvalue weighted by molar-refractivity contribution is -0.124. The van der Waals surface area contributed by atoms with Crippen molar-refractivity contribution in [2.45, 2.75) is 31.0 Å². The average Bonchev–Trinajstić information content (AvgIpc) is 3.38. The van der Waals surface area contributed by atoms with Crippen molar-refractivity contribution in [2.24, 2.45) is 0 Å². The molecule has 3 N–H and O–H groups in total. The van der Waals surface area contributed by atoms with Crippen LogP contribution >= 0.6 is 11.6 Å². The molecule has 3 saturated heterocycles. The van der Waals surface area contributed by atoms with Gasteiger partial charge in [0.05, 0.1) is 19.1 Å². The molecule has 0 saturated carbocycles. The summed E-state index contributed by atoms with van der Waals surface area (Å²) in [5.41, 5.74) is -1.37. The van der Waals surface area contributed by atoms with Gasteiger partial charge < -0.3 is 24.8 Å². The number of carbonyl (C=O) groups excluding carboxylic acids is 3. The number of imide groups is 1. The molecule has 3 aliphatic rings. The van der Waals surface area contributed by atoms with Crippen LogP contribution in [0.5, 0.6) is 5.88 Å². The van der Waals surface area contributed by atoms with Crippen LogP contribution in [-0.2, 0) is 11.3 Å². The second-order valence-electron chi connectivity index (χ2n) is 7.96. The zero-order valence-electron chi connectivity index (χ0n) is 15.5. The van der Waals surface area contributed by atoms with E-state index in [1.54, 1.807) is 29.3 Å². The van der Waals surface area contributed by atoms with Crippen LogP contribution in [0.1, 0.15) is 12.8 Å². The Balaban J connectivity index is 1.48. The van der Waals surface area contributed by atoms with Crippen molar-refractivity contribution in [3.05, 3.63) is 29.4 Å². The number of halogens is 1. The van der Waals surface area contributed by atoms with E-state index in [4.69, 9.17) is 11.6 Å². The molecule has 3 aliphatic heterocycles. The number of fused-ring (bicyclic) bond motifs is 2. The molecule has 1 aromatic carbocycles. The Labute approximate surface area is 171 Å². The number of aromatic hydroxyl groups is 1. The Morgan fingerprint density at radius 3 is 2.79 bits per heavy atom. The summed E-state index contributed by atoms with van der Waals surface area (Å²) in [6.07, 6.45) is 3.63. The van der Waals surface area contributed by atoms with Crippen LogP contribution in [0.4, 0.5) is 9.59 Å². The number of amides is 5.